The summed E-state index contributed by atoms with van der Waals surface area (Å²) in [6, 6.07) is 63.5. The van der Waals surface area contributed by atoms with Gasteiger partial charge in [0.15, 0.2) is 0 Å². The van der Waals surface area contributed by atoms with Crippen LogP contribution in [-0.4, -0.2) is 51.1 Å². The van der Waals surface area contributed by atoms with E-state index < -0.39 is 0 Å². The summed E-state index contributed by atoms with van der Waals surface area (Å²) in [7, 11) is 2.78. The van der Waals surface area contributed by atoms with Crippen molar-refractivity contribution >= 4 is 51.1 Å². The van der Waals surface area contributed by atoms with E-state index in [1.807, 2.05) is 147 Å². The van der Waals surface area contributed by atoms with Gasteiger partial charge in [-0.25, -0.2) is 9.59 Å². The molecular formula is C66H66BrN4NaO6. The molecule has 2 heterocycles. The number of alkyl halides is 1. The van der Waals surface area contributed by atoms with E-state index in [4.69, 9.17) is 4.74 Å². The number of aryl methyl sites for hydroxylation is 2. The Balaban J connectivity index is 0.000000208. The van der Waals surface area contributed by atoms with Gasteiger partial charge in [-0.3, -0.25) is 9.59 Å². The zero-order valence-corrected chi connectivity index (χ0v) is 48.6. The number of carbonyl (C=O) groups is 4. The molecule has 0 aliphatic carbocycles. The predicted octanol–water partition coefficient (Wildman–Crippen LogP) is 11.3. The minimum atomic E-state index is -0.336. The number of rotatable bonds is 13. The molecule has 0 spiro atoms. The second kappa shape index (κ2) is 28.9. The van der Waals surface area contributed by atoms with Crippen LogP contribution < -0.4 is 50.4 Å². The van der Waals surface area contributed by atoms with Gasteiger partial charge in [-0.2, -0.15) is 0 Å². The van der Waals surface area contributed by atoms with Crippen molar-refractivity contribution in [3.05, 3.63) is 250 Å². The molecular weight excluding hydrogens is 1050 g/mol. The van der Waals surface area contributed by atoms with Crippen molar-refractivity contribution in [1.29, 1.82) is 0 Å². The van der Waals surface area contributed by atoms with Gasteiger partial charge >= 0.3 is 41.5 Å². The van der Waals surface area contributed by atoms with Crippen molar-refractivity contribution in [2.75, 3.05) is 37.5 Å². The Labute approximate surface area is 490 Å². The summed E-state index contributed by atoms with van der Waals surface area (Å²) < 4.78 is 9.51. The van der Waals surface area contributed by atoms with E-state index in [9.17, 15) is 19.2 Å². The quantitative estimate of drug-likeness (QED) is 0.0592. The van der Waals surface area contributed by atoms with E-state index in [1.165, 1.54) is 47.7 Å². The molecule has 394 valence electrons. The Morgan fingerprint density at radius 3 is 1.53 bits per heavy atom. The van der Waals surface area contributed by atoms with Crippen LogP contribution in [0.2, 0.25) is 0 Å². The van der Waals surface area contributed by atoms with E-state index in [0.29, 0.717) is 16.7 Å². The number of amides is 2. The zero-order chi connectivity index (χ0) is 54.1. The summed E-state index contributed by atoms with van der Waals surface area (Å²) in [5, 5.41) is 10.4. The van der Waals surface area contributed by atoms with Gasteiger partial charge in [-0.1, -0.05) is 149 Å². The molecule has 2 atom stereocenters. The topological polar surface area (TPSA) is 126 Å². The number of ether oxygens (including phenoxy) is 2. The number of nitrogens with one attached hydrogen (secondary N) is 3. The fourth-order valence-corrected chi connectivity index (χ4v) is 10.2. The number of hydrogen-bond donors (Lipinski definition) is 3. The molecule has 3 N–H and O–H groups in total. The maximum atomic E-state index is 13.0. The monoisotopic (exact) mass is 1110 g/mol. The smallest absolute Gasteiger partial charge is 1.00 e. The summed E-state index contributed by atoms with van der Waals surface area (Å²) >= 11 is 3.48. The molecule has 12 heteroatoms. The Hall–Kier alpha value is -7.28. The molecule has 0 saturated carbocycles. The van der Waals surface area contributed by atoms with Crippen LogP contribution in [0.4, 0.5) is 11.4 Å². The molecule has 2 aliphatic heterocycles. The molecule has 10 rings (SSSR count). The number of methoxy groups -OCH3 is 2. The summed E-state index contributed by atoms with van der Waals surface area (Å²) in [6.07, 6.45) is 4.16. The fourth-order valence-electron chi connectivity index (χ4n) is 9.68. The SMILES string of the molecule is COC(=O)c1ccc(-c2ccccc2CBr)cc1.COC(=O)c1ccc(-c2ccccc2CN2CCCc3cc(C(=O)N[C@@H](C)c4ccccc4)ccc32)cc1.C[C@H](NC(=O)c1ccc2c(c1)CCCN2)c1ccccc1.[H-].[Na+]. The van der Waals surface area contributed by atoms with E-state index in [0.717, 1.165) is 89.7 Å². The second-order valence-corrected chi connectivity index (χ2v) is 19.6. The van der Waals surface area contributed by atoms with Crippen molar-refractivity contribution < 1.29 is 59.6 Å². The molecule has 0 fully saturated rings. The normalized spacial score (nSPS) is 12.8. The van der Waals surface area contributed by atoms with Crippen molar-refractivity contribution in [3.63, 3.8) is 0 Å². The Kier molecular flexibility index (Phi) is 21.6. The third kappa shape index (κ3) is 15.3. The van der Waals surface area contributed by atoms with Gasteiger partial charge in [0, 0.05) is 47.5 Å². The van der Waals surface area contributed by atoms with Crippen molar-refractivity contribution in [1.82, 2.24) is 10.6 Å². The van der Waals surface area contributed by atoms with Crippen LogP contribution in [0.5, 0.6) is 0 Å². The summed E-state index contributed by atoms with van der Waals surface area (Å²) in [5.74, 6) is -0.714. The summed E-state index contributed by atoms with van der Waals surface area (Å²) in [4.78, 5) is 51.0. The standard InChI is InChI=1S/C33H32N2O3.C18H20N2O.C15H13BrO2.Na.H/c1-23(24-9-4-3-5-10-24)34-32(36)28-18-19-31-27(21-28)12-8-20-35(31)22-29-11-6-7-13-30(29)25-14-16-26(17-15-25)33(37)38-2;1-13(14-6-3-2-4-7-14)20-18(21)16-9-10-17-15(12-16)8-5-11-19-17;1-18-15(17)12-8-6-11(7-9-12)14-5-3-2-4-13(14)10-16;;/h3-7,9-11,13-19,21,23H,8,12,20,22H2,1-2H3,(H,34,36);2-4,6-7,9-10,12-13,19H,5,8,11H2,1H3,(H,20,21);2-9H,10H2,1H3;;/q;;;+1;-1/t23-;13-;;;/m00.../s1. The first-order valence-electron chi connectivity index (χ1n) is 26.1. The van der Waals surface area contributed by atoms with E-state index >= 15 is 0 Å². The zero-order valence-electron chi connectivity index (χ0n) is 46.1. The number of fused-ring (bicyclic) bond motifs is 2. The molecule has 8 aromatic rings. The van der Waals surface area contributed by atoms with Crippen LogP contribution in [0.25, 0.3) is 22.3 Å². The first-order chi connectivity index (χ1) is 37.5. The van der Waals surface area contributed by atoms with E-state index in [-0.39, 0.29) is 66.8 Å². The average molecular weight is 1110 g/mol. The van der Waals surface area contributed by atoms with Crippen LogP contribution in [0.1, 0.15) is 115 Å². The van der Waals surface area contributed by atoms with Crippen molar-refractivity contribution in [2.45, 2.75) is 63.5 Å². The van der Waals surface area contributed by atoms with E-state index in [2.05, 4.69) is 77.9 Å². The first kappa shape index (κ1) is 58.4. The van der Waals surface area contributed by atoms with Gasteiger partial charge < -0.3 is 31.8 Å². The molecule has 0 bridgehead atoms. The number of carbonyl (C=O) groups excluding carboxylic acids is 4. The van der Waals surface area contributed by atoms with Gasteiger partial charge in [0.25, 0.3) is 11.8 Å². The first-order valence-corrected chi connectivity index (χ1v) is 27.2. The fraction of sp³-hybridized carbons (Fsp3) is 0.212. The third-order valence-corrected chi connectivity index (χ3v) is 14.5. The van der Waals surface area contributed by atoms with Gasteiger partial charge in [0.1, 0.15) is 0 Å². The van der Waals surface area contributed by atoms with E-state index in [1.54, 1.807) is 24.3 Å². The Morgan fingerprint density at radius 2 is 1.00 bits per heavy atom. The molecule has 10 nitrogen and oxygen atoms in total. The number of esters is 2. The largest absolute Gasteiger partial charge is 1.00 e. The molecule has 0 unspecified atom stereocenters. The summed E-state index contributed by atoms with van der Waals surface area (Å²) in [5.41, 5.74) is 16.4. The Morgan fingerprint density at radius 1 is 0.551 bits per heavy atom. The minimum absolute atomic E-state index is 0. The molecule has 0 radical (unpaired) electrons. The maximum Gasteiger partial charge on any atom is 1.00 e. The predicted molar refractivity (Wildman–Crippen MR) is 314 cm³/mol. The Bertz CT molecular complexity index is 3290. The molecule has 0 saturated heterocycles. The number of nitrogens with zero attached hydrogens (tertiary/aromatic N) is 1. The van der Waals surface area contributed by atoms with Crippen LogP contribution in [0.3, 0.4) is 0 Å². The molecule has 8 aromatic carbocycles. The second-order valence-electron chi connectivity index (χ2n) is 19.1. The average Bonchev–Trinajstić information content (AvgIpc) is 3.53. The number of benzene rings is 8. The van der Waals surface area contributed by atoms with Gasteiger partial charge in [0.05, 0.1) is 37.4 Å². The van der Waals surface area contributed by atoms with Crippen molar-refractivity contribution in [2.24, 2.45) is 0 Å². The van der Waals surface area contributed by atoms with Gasteiger partial charge in [-0.05, 0) is 156 Å². The number of hydrogen-bond acceptors (Lipinski definition) is 8. The van der Waals surface area contributed by atoms with Crippen LogP contribution >= 0.6 is 15.9 Å². The maximum absolute atomic E-state index is 13.0. The number of halogens is 1. The van der Waals surface area contributed by atoms with Crippen molar-refractivity contribution in [3.8, 4) is 22.3 Å². The van der Waals surface area contributed by atoms with Crippen LogP contribution in [-0.2, 0) is 34.2 Å². The molecule has 2 aliphatic rings. The molecule has 2 amide bonds. The third-order valence-electron chi connectivity index (χ3n) is 13.9. The van der Waals surface area contributed by atoms with Crippen LogP contribution in [0.15, 0.2) is 194 Å². The summed E-state index contributed by atoms with van der Waals surface area (Å²) in [6.45, 7) is 6.75. The minimum Gasteiger partial charge on any atom is -1.00 e. The van der Waals surface area contributed by atoms with Crippen LogP contribution in [0, 0.1) is 0 Å². The van der Waals surface area contributed by atoms with Gasteiger partial charge in [-0.15, -0.1) is 0 Å². The van der Waals surface area contributed by atoms with Gasteiger partial charge in [0.2, 0.25) is 0 Å². The molecule has 78 heavy (non-hydrogen) atoms. The number of anilines is 2. The molecule has 0 aromatic heterocycles.